The van der Waals surface area contributed by atoms with E-state index in [0.29, 0.717) is 10.8 Å². The van der Waals surface area contributed by atoms with Gasteiger partial charge in [-0.1, -0.05) is 25.4 Å². The van der Waals surface area contributed by atoms with Crippen LogP contribution in [-0.4, -0.2) is 11.5 Å². The molecule has 0 spiro atoms. The summed E-state index contributed by atoms with van der Waals surface area (Å²) in [4.78, 5) is 12.5. The van der Waals surface area contributed by atoms with Crippen LogP contribution in [-0.2, 0) is 9.53 Å². The first-order chi connectivity index (χ1) is 8.24. The van der Waals surface area contributed by atoms with Crippen LogP contribution < -0.4 is 0 Å². The first-order valence-corrected chi connectivity index (χ1v) is 7.53. The number of ether oxygens (including phenoxy) is 1. The molecule has 0 aromatic heterocycles. The van der Waals surface area contributed by atoms with Crippen molar-refractivity contribution in [1.82, 2.24) is 0 Å². The molecule has 0 aliphatic heterocycles. The van der Waals surface area contributed by atoms with Crippen molar-refractivity contribution in [3.05, 3.63) is 0 Å². The summed E-state index contributed by atoms with van der Waals surface area (Å²) in [5.74, 6) is 0.681. The van der Waals surface area contributed by atoms with Crippen LogP contribution in [0.2, 0.25) is 0 Å². The van der Waals surface area contributed by atoms with Gasteiger partial charge in [0.2, 0.25) is 0 Å². The summed E-state index contributed by atoms with van der Waals surface area (Å²) in [7, 11) is 0. The minimum atomic E-state index is -0.508. The number of hydrogen-bond acceptors (Lipinski definition) is 2. The van der Waals surface area contributed by atoms with Gasteiger partial charge in [-0.25, -0.2) is 0 Å². The van der Waals surface area contributed by atoms with Crippen LogP contribution in [0.15, 0.2) is 0 Å². The molecule has 3 atom stereocenters. The van der Waals surface area contributed by atoms with Crippen LogP contribution in [0.25, 0.3) is 0 Å². The third-order valence-corrected chi connectivity index (χ3v) is 5.42. The summed E-state index contributed by atoms with van der Waals surface area (Å²) in [6.45, 7) is 6.45. The quantitative estimate of drug-likeness (QED) is 0.558. The van der Waals surface area contributed by atoms with Crippen molar-refractivity contribution < 1.29 is 9.53 Å². The monoisotopic (exact) mass is 270 g/mol. The highest BCUT2D eigenvalue weighted by atomic mass is 35.5. The number of halogens is 1. The van der Waals surface area contributed by atoms with Crippen molar-refractivity contribution >= 4 is 17.6 Å². The molecule has 2 nitrogen and oxygen atoms in total. The Bertz CT molecular complexity index is 372. The van der Waals surface area contributed by atoms with E-state index in [1.807, 2.05) is 0 Å². The van der Waals surface area contributed by atoms with Gasteiger partial charge in [-0.3, -0.25) is 4.79 Å². The van der Waals surface area contributed by atoms with E-state index in [2.05, 4.69) is 13.8 Å². The average molecular weight is 271 g/mol. The maximum atomic E-state index is 12.5. The summed E-state index contributed by atoms with van der Waals surface area (Å²) >= 11 is 5.84. The number of carbonyl (C=O) groups is 1. The Morgan fingerprint density at radius 3 is 2.17 bits per heavy atom. The van der Waals surface area contributed by atoms with Crippen LogP contribution >= 0.6 is 11.6 Å². The molecule has 0 amide bonds. The minimum Gasteiger partial charge on any atom is -0.446 e. The predicted molar refractivity (Wildman–Crippen MR) is 71.2 cm³/mol. The molecule has 102 valence electrons. The Hall–Kier alpha value is -0.240. The Labute approximate surface area is 114 Å². The molecule has 0 radical (unpaired) electrons. The smallest absolute Gasteiger partial charge is 0.313 e. The molecular weight excluding hydrogens is 248 g/mol. The number of alkyl halides is 1. The SMILES string of the molecule is CC(Cl)OC(=O)C12CC3CC(C)(CC(C)(C3)C1)C2. The van der Waals surface area contributed by atoms with Crippen LogP contribution in [0.5, 0.6) is 0 Å². The summed E-state index contributed by atoms with van der Waals surface area (Å²) in [5.41, 5.74) is -0.0384. The zero-order valence-electron chi connectivity index (χ0n) is 11.6. The van der Waals surface area contributed by atoms with Crippen molar-refractivity contribution in [2.45, 2.75) is 64.9 Å². The first-order valence-electron chi connectivity index (χ1n) is 7.10. The van der Waals surface area contributed by atoms with Crippen LogP contribution in [0.1, 0.15) is 59.3 Å². The Morgan fingerprint density at radius 2 is 1.72 bits per heavy atom. The molecule has 0 aromatic carbocycles. The summed E-state index contributed by atoms with van der Waals surface area (Å²) in [6.07, 6.45) is 6.92. The lowest BCUT2D eigenvalue weighted by Crippen LogP contribution is -2.58. The summed E-state index contributed by atoms with van der Waals surface area (Å²) < 4.78 is 5.35. The van der Waals surface area contributed by atoms with Crippen molar-refractivity contribution in [1.29, 1.82) is 0 Å². The zero-order chi connectivity index (χ0) is 13.2. The largest absolute Gasteiger partial charge is 0.446 e. The van der Waals surface area contributed by atoms with E-state index in [4.69, 9.17) is 16.3 Å². The topological polar surface area (TPSA) is 26.3 Å². The normalized spacial score (nSPS) is 51.2. The molecule has 0 N–H and O–H groups in total. The van der Waals surface area contributed by atoms with Gasteiger partial charge in [-0.2, -0.15) is 0 Å². The van der Waals surface area contributed by atoms with Gasteiger partial charge in [0.1, 0.15) is 0 Å². The number of carbonyl (C=O) groups excluding carboxylic acids is 1. The molecule has 0 aromatic rings. The van der Waals surface area contributed by atoms with Gasteiger partial charge < -0.3 is 4.74 Å². The van der Waals surface area contributed by atoms with E-state index in [0.717, 1.165) is 25.2 Å². The summed E-state index contributed by atoms with van der Waals surface area (Å²) in [5, 5.41) is 0. The fourth-order valence-corrected chi connectivity index (χ4v) is 6.03. The molecule has 4 fully saturated rings. The molecule has 4 rings (SSSR count). The fourth-order valence-electron chi connectivity index (χ4n) is 5.95. The maximum absolute atomic E-state index is 12.5. The molecule has 4 bridgehead atoms. The third kappa shape index (κ3) is 1.88. The third-order valence-electron chi connectivity index (χ3n) is 5.33. The van der Waals surface area contributed by atoms with Crippen LogP contribution in [0, 0.1) is 22.2 Å². The second-order valence-electron chi connectivity index (χ2n) is 7.86. The second-order valence-corrected chi connectivity index (χ2v) is 8.47. The van der Waals surface area contributed by atoms with Crippen LogP contribution in [0.4, 0.5) is 0 Å². The van der Waals surface area contributed by atoms with Crippen LogP contribution in [0.3, 0.4) is 0 Å². The highest BCUT2D eigenvalue weighted by Crippen LogP contribution is 2.69. The van der Waals surface area contributed by atoms with Gasteiger partial charge >= 0.3 is 5.97 Å². The molecule has 0 heterocycles. The van der Waals surface area contributed by atoms with Gasteiger partial charge in [-0.05, 0) is 62.2 Å². The Morgan fingerprint density at radius 1 is 1.17 bits per heavy atom. The Balaban J connectivity index is 1.91. The van der Waals surface area contributed by atoms with E-state index in [1.165, 1.54) is 19.3 Å². The Kier molecular flexibility index (Phi) is 2.59. The van der Waals surface area contributed by atoms with E-state index in [9.17, 15) is 4.79 Å². The molecule has 18 heavy (non-hydrogen) atoms. The van der Waals surface area contributed by atoms with E-state index in [-0.39, 0.29) is 11.4 Å². The van der Waals surface area contributed by atoms with Crippen molar-refractivity contribution in [3.8, 4) is 0 Å². The average Bonchev–Trinajstić information content (AvgIpc) is 2.09. The van der Waals surface area contributed by atoms with Gasteiger partial charge in [0.15, 0.2) is 5.56 Å². The molecule has 4 saturated carbocycles. The molecule has 0 saturated heterocycles. The van der Waals surface area contributed by atoms with Gasteiger partial charge in [0, 0.05) is 0 Å². The van der Waals surface area contributed by atoms with Gasteiger partial charge in [0.25, 0.3) is 0 Å². The highest BCUT2D eigenvalue weighted by Gasteiger charge is 2.63. The predicted octanol–water partition coefficient (Wildman–Crippen LogP) is 4.11. The fraction of sp³-hybridized carbons (Fsp3) is 0.933. The summed E-state index contributed by atoms with van der Waals surface area (Å²) in [6, 6.07) is 0. The van der Waals surface area contributed by atoms with Crippen molar-refractivity contribution in [2.75, 3.05) is 0 Å². The molecule has 4 aliphatic rings. The number of hydrogen-bond donors (Lipinski definition) is 0. The van der Waals surface area contributed by atoms with E-state index in [1.54, 1.807) is 6.92 Å². The van der Waals surface area contributed by atoms with Gasteiger partial charge in [-0.15, -0.1) is 0 Å². The molecular formula is C15H23ClO2. The lowest BCUT2D eigenvalue weighted by Gasteiger charge is -2.64. The van der Waals surface area contributed by atoms with Crippen molar-refractivity contribution in [3.63, 3.8) is 0 Å². The second kappa shape index (κ2) is 3.65. The lowest BCUT2D eigenvalue weighted by molar-refractivity contribution is -0.192. The molecule has 3 unspecified atom stereocenters. The standard InChI is InChI=1S/C15H23ClO2/c1-10(16)18-12(17)15-6-11-4-13(2,8-15)7-14(3,5-11)9-15/h10-11H,4-9H2,1-3H3. The molecule has 4 aliphatic carbocycles. The minimum absolute atomic E-state index is 0.0356. The molecule has 3 heteroatoms. The van der Waals surface area contributed by atoms with E-state index >= 15 is 0 Å². The number of rotatable bonds is 2. The number of esters is 1. The maximum Gasteiger partial charge on any atom is 0.313 e. The first kappa shape index (κ1) is 12.8. The van der Waals surface area contributed by atoms with E-state index < -0.39 is 5.56 Å². The van der Waals surface area contributed by atoms with Gasteiger partial charge in [0.05, 0.1) is 5.41 Å². The lowest BCUT2D eigenvalue weighted by atomic mass is 9.40. The van der Waals surface area contributed by atoms with Crippen molar-refractivity contribution in [2.24, 2.45) is 22.2 Å². The zero-order valence-corrected chi connectivity index (χ0v) is 12.3. The highest BCUT2D eigenvalue weighted by molar-refractivity contribution is 6.20.